The van der Waals surface area contributed by atoms with Gasteiger partial charge in [0.05, 0.1) is 72.6 Å². The Hall–Kier alpha value is -12.1. The van der Waals surface area contributed by atoms with Crippen LogP contribution in [0.15, 0.2) is 219 Å². The molecule has 4 amide bonds. The number of likely N-dealkylation sites (N-methyl/N-ethyl adjacent to an activating group) is 1. The summed E-state index contributed by atoms with van der Waals surface area (Å²) in [5, 5.41) is 16.7. The summed E-state index contributed by atoms with van der Waals surface area (Å²) in [5.74, 6) is -0.883. The van der Waals surface area contributed by atoms with Gasteiger partial charge in [-0.3, -0.25) is 52.6 Å². The first-order chi connectivity index (χ1) is 64.0. The van der Waals surface area contributed by atoms with E-state index < -0.39 is 27.8 Å². The van der Waals surface area contributed by atoms with Crippen LogP contribution in [0.1, 0.15) is 141 Å². The highest BCUT2D eigenvalue weighted by Gasteiger charge is 2.59. The molecule has 4 spiro atoms. The van der Waals surface area contributed by atoms with Crippen molar-refractivity contribution in [1.82, 2.24) is 58.7 Å². The van der Waals surface area contributed by atoms with Crippen LogP contribution in [0.5, 0.6) is 0 Å². The van der Waals surface area contributed by atoms with Gasteiger partial charge in [-0.15, -0.1) is 0 Å². The molecule has 0 bridgehead atoms. The van der Waals surface area contributed by atoms with Crippen LogP contribution < -0.4 is 19.6 Å². The lowest BCUT2D eigenvalue weighted by Crippen LogP contribution is -2.53. The molecule has 0 radical (unpaired) electrons. The predicted octanol–water partition coefficient (Wildman–Crippen LogP) is 17.3. The number of likely N-dealkylation sites (tertiary alicyclic amines) is 4. The van der Waals surface area contributed by atoms with Crippen molar-refractivity contribution in [2.75, 3.05) is 92.2 Å². The van der Waals surface area contributed by atoms with Crippen molar-refractivity contribution in [3.63, 3.8) is 0 Å². The molecule has 21 nitrogen and oxygen atoms in total. The van der Waals surface area contributed by atoms with Crippen LogP contribution in [-0.4, -0.2) is 179 Å². The number of hydrogen-bond donors (Lipinski definition) is 0. The zero-order chi connectivity index (χ0) is 90.9. The van der Waals surface area contributed by atoms with E-state index in [1.807, 2.05) is 174 Å². The number of amides is 4. The molecule has 12 aromatic rings. The average Bonchev–Trinajstić information content (AvgIpc) is 1.56. The molecule has 26 heteroatoms. The minimum Gasteiger partial charge on any atom is -0.381 e. The van der Waals surface area contributed by atoms with E-state index in [-0.39, 0.29) is 79.1 Å². The second-order valence-electron chi connectivity index (χ2n) is 38.4. The van der Waals surface area contributed by atoms with Crippen molar-refractivity contribution in [2.24, 2.45) is 28.2 Å². The quantitative estimate of drug-likeness (QED) is 0.0888. The number of aromatic nitrogens is 8. The van der Waals surface area contributed by atoms with Gasteiger partial charge in [0.2, 0.25) is 23.6 Å². The molecule has 2 aliphatic carbocycles. The second-order valence-corrected chi connectivity index (χ2v) is 38.4. The summed E-state index contributed by atoms with van der Waals surface area (Å²) in [4.78, 5) is 72.0. The Morgan fingerprint density at radius 3 is 0.955 bits per heavy atom. The van der Waals surface area contributed by atoms with Crippen molar-refractivity contribution in [2.45, 2.75) is 168 Å². The molecule has 9 aliphatic heterocycles. The fourth-order valence-electron chi connectivity index (χ4n) is 23.4. The molecule has 5 atom stereocenters. The number of fused-ring (bicyclic) bond motifs is 8. The predicted molar refractivity (Wildman–Crippen MR) is 500 cm³/mol. The van der Waals surface area contributed by atoms with E-state index in [1.165, 1.54) is 43.9 Å². The molecule has 8 aromatic carbocycles. The number of ether oxygens (including phenoxy) is 1. The van der Waals surface area contributed by atoms with Gasteiger partial charge < -0.3 is 29.2 Å². The number of halogens is 5. The number of rotatable bonds is 15. The Morgan fingerprint density at radius 2 is 0.629 bits per heavy atom. The lowest BCUT2D eigenvalue weighted by molar-refractivity contribution is -0.125. The minimum atomic E-state index is -0.770. The van der Waals surface area contributed by atoms with Crippen LogP contribution in [-0.2, 0) is 99.9 Å². The Labute approximate surface area is 767 Å². The van der Waals surface area contributed by atoms with Crippen LogP contribution in [0, 0.1) is 23.3 Å². The summed E-state index contributed by atoms with van der Waals surface area (Å²) in [6.07, 6.45) is 28.0. The highest BCUT2D eigenvalue weighted by Crippen LogP contribution is 2.54. The molecule has 5 saturated heterocycles. The number of para-hydroxylation sites is 4. The minimum absolute atomic E-state index is 0.0219. The summed E-state index contributed by atoms with van der Waals surface area (Å²) in [6, 6.07) is 54.0. The van der Waals surface area contributed by atoms with Gasteiger partial charge in [0.25, 0.3) is 0 Å². The maximum atomic E-state index is 15.2. The normalized spacial score (nSPS) is 23.0. The lowest BCUT2D eigenvalue weighted by Gasteiger charge is -2.44. The van der Waals surface area contributed by atoms with E-state index in [2.05, 4.69) is 52.1 Å². The van der Waals surface area contributed by atoms with Crippen molar-refractivity contribution < 1.29 is 45.9 Å². The largest absolute Gasteiger partial charge is 0.381 e. The van der Waals surface area contributed by atoms with E-state index in [1.54, 1.807) is 88.5 Å². The van der Waals surface area contributed by atoms with Gasteiger partial charge >= 0.3 is 0 Å². The summed E-state index contributed by atoms with van der Waals surface area (Å²) in [5.41, 5.74) is 14.4. The summed E-state index contributed by atoms with van der Waals surface area (Å²) in [6.45, 7) is 8.91. The van der Waals surface area contributed by atoms with E-state index in [9.17, 15) is 28.0 Å². The Balaban J connectivity index is 0.000000110. The third-order valence-electron chi connectivity index (χ3n) is 30.5. The Bertz CT molecular complexity index is 6340. The third kappa shape index (κ3) is 16.3. The highest BCUT2D eigenvalue weighted by molar-refractivity contribution is 6.11. The molecule has 0 N–H and O–H groups in total. The maximum absolute atomic E-state index is 15.2. The van der Waals surface area contributed by atoms with E-state index in [0.717, 1.165) is 187 Å². The summed E-state index contributed by atoms with van der Waals surface area (Å²) < 4.78 is 87.5. The van der Waals surface area contributed by atoms with Gasteiger partial charge in [0, 0.05) is 171 Å². The molecule has 7 fully saturated rings. The van der Waals surface area contributed by atoms with Gasteiger partial charge in [-0.2, -0.15) is 20.4 Å². The summed E-state index contributed by atoms with van der Waals surface area (Å²) >= 11 is 0. The number of piperidine rings is 1. The van der Waals surface area contributed by atoms with Gasteiger partial charge in [-0.25, -0.2) is 22.0 Å². The zero-order valence-electron chi connectivity index (χ0n) is 75.7. The third-order valence-corrected chi connectivity index (χ3v) is 30.5. The first-order valence-corrected chi connectivity index (χ1v) is 46.9. The second kappa shape index (κ2) is 36.1. The smallest absolute Gasteiger partial charge is 0.239 e. The van der Waals surface area contributed by atoms with Gasteiger partial charge in [0.1, 0.15) is 29.4 Å². The van der Waals surface area contributed by atoms with Crippen molar-refractivity contribution in [1.29, 1.82) is 0 Å². The monoisotopic (exact) mass is 1780 g/mol. The van der Waals surface area contributed by atoms with Crippen molar-refractivity contribution in [3.05, 3.63) is 287 Å². The number of hydrogen-bond acceptors (Lipinski definition) is 13. The van der Waals surface area contributed by atoms with Crippen LogP contribution >= 0.6 is 0 Å². The molecule has 23 rings (SSSR count). The highest BCUT2D eigenvalue weighted by atomic mass is 19.1. The van der Waals surface area contributed by atoms with Crippen LogP contribution in [0.4, 0.5) is 44.7 Å². The SMILES string of the molecule is CN1CCC2(C1)C(=O)N(Cc1ccc(-c3cnn(C)c3)cc1F)c1ccccc12.Cn1cc(-c2ccc(CN3C(=O)C4(CCN(C5CCCC5)C4)c4ccccc43)c(F)c2)cn1.Cn1cc(-c2ccc(CN3C(=O)C4(CCN(C5CCCCC5F)CC4)c4ccccc43)c(F)c2)cn1.Cn1cc(-c2ccc(CN3C(=O)C4(CCN(C5CCOCC5)C4)c4ccccc43)c(F)c2)cn1. The van der Waals surface area contributed by atoms with Gasteiger partial charge in [-0.1, -0.05) is 147 Å². The number of benzene rings is 8. The van der Waals surface area contributed by atoms with E-state index in [4.69, 9.17) is 4.74 Å². The van der Waals surface area contributed by atoms with Crippen molar-refractivity contribution >= 4 is 46.4 Å². The number of carbonyl (C=O) groups excluding carboxylic acids is 4. The molecule has 2 saturated carbocycles. The topological polar surface area (TPSA) is 175 Å². The van der Waals surface area contributed by atoms with Crippen LogP contribution in [0.3, 0.4) is 0 Å². The Morgan fingerprint density at radius 1 is 0.333 bits per heavy atom. The number of nitrogens with zero attached hydrogens (tertiary/aromatic N) is 16. The average molecular weight is 1790 g/mol. The lowest BCUT2D eigenvalue weighted by atomic mass is 9.73. The molecule has 13 heterocycles. The number of aryl methyl sites for hydroxylation is 4. The molecule has 11 aliphatic rings. The maximum Gasteiger partial charge on any atom is 0.239 e. The number of anilines is 4. The molecule has 4 aromatic heterocycles. The van der Waals surface area contributed by atoms with Crippen molar-refractivity contribution in [3.8, 4) is 44.5 Å². The zero-order valence-corrected chi connectivity index (χ0v) is 75.7. The van der Waals surface area contributed by atoms with E-state index >= 15 is 13.2 Å². The van der Waals surface area contributed by atoms with Crippen LogP contribution in [0.2, 0.25) is 0 Å². The first kappa shape index (κ1) is 87.9. The number of carbonyl (C=O) groups is 4. The van der Waals surface area contributed by atoms with E-state index in [0.29, 0.717) is 73.2 Å². The fraction of sp³-hybridized carbons (Fsp3) is 0.396. The van der Waals surface area contributed by atoms with Gasteiger partial charge in [0.15, 0.2) is 0 Å². The standard InChI is InChI=1S/C29H32F2N4O.C27H29FN4O2.C27H29FN4O.C23H23FN4O/c1-33-18-22(17-32-33)20-10-11-21(25(31)16-20)19-35-26-8-4-2-6-23(26)29(28(35)36)12-14-34(15-13-29)27-9-5-3-7-24(27)30;1-30-16-21(15-29-30)19-6-7-20(24(28)14-19)17-32-25-5-3-2-4-23(25)27(26(32)33)10-11-31(18-27)22-8-12-34-13-9-22;1-30-16-21(15-29-30)19-10-11-20(24(28)14-19)17-32-25-9-5-4-8-23(25)27(26(32)33)12-13-31(18-27)22-6-2-3-7-22;1-26-10-9-23(15-26)19-5-3-4-6-21(19)28(22(23)29)14-17-8-7-16(11-20(17)24)18-12-25-27(2)13-18/h2,4,6,8,10-11,16-18,24,27H,3,5,7,9,12-15,19H2,1H3;2-7,14-16,22H,8-13,17-18H2,1H3;4-5,8-11,14-16,22H,2-3,6-7,12-13,17-18H2,1H3;3-8,11-13H,9-10,14-15H2,1-2H3. The molecule has 5 unspecified atom stereocenters. The van der Waals surface area contributed by atoms with Gasteiger partial charge in [-0.05, 0) is 203 Å². The molecular formula is C106H113F5N16O5. The molecule has 682 valence electrons. The Kier molecular flexibility index (Phi) is 24.1. The molecule has 132 heavy (non-hydrogen) atoms. The first-order valence-electron chi connectivity index (χ1n) is 46.9. The number of alkyl halides is 1. The van der Waals surface area contributed by atoms with Crippen LogP contribution in [0.25, 0.3) is 44.5 Å². The summed E-state index contributed by atoms with van der Waals surface area (Å²) in [7, 11) is 9.39. The fourth-order valence-corrected chi connectivity index (χ4v) is 23.4. The molecular weight excluding hydrogens is 1670 g/mol.